The first-order valence-corrected chi connectivity index (χ1v) is 3.95. The molecule has 7 nitrogen and oxygen atoms in total. The molecule has 0 aliphatic heterocycles. The molecule has 0 saturated carbocycles. The van der Waals surface area contributed by atoms with Crippen molar-refractivity contribution in [3.05, 3.63) is 28.4 Å². The van der Waals surface area contributed by atoms with E-state index < -0.39 is 0 Å². The number of nitrogens with one attached hydrogen (secondary N) is 2. The maximum Gasteiger partial charge on any atom is 0.255 e. The summed E-state index contributed by atoms with van der Waals surface area (Å²) >= 11 is 0. The number of aromatic nitrogens is 5. The molecule has 7 heteroatoms. The molecule has 2 aromatic rings. The molecule has 0 radical (unpaired) electrons. The lowest BCUT2D eigenvalue weighted by Gasteiger charge is -1.97. The van der Waals surface area contributed by atoms with E-state index in [1.807, 2.05) is 0 Å². The molecule has 0 amide bonds. The Morgan fingerprint density at radius 1 is 1.36 bits per heavy atom. The second-order valence-corrected chi connectivity index (χ2v) is 2.62. The van der Waals surface area contributed by atoms with Crippen LogP contribution in [-0.4, -0.2) is 25.1 Å². The molecule has 0 fully saturated rings. The van der Waals surface area contributed by atoms with E-state index in [0.29, 0.717) is 17.2 Å². The summed E-state index contributed by atoms with van der Waals surface area (Å²) in [6.45, 7) is 0.166. The summed E-state index contributed by atoms with van der Waals surface area (Å²) in [5.74, 6) is 0.773. The number of hydrogen-bond acceptors (Lipinski definition) is 5. The van der Waals surface area contributed by atoms with E-state index in [-0.39, 0.29) is 12.1 Å². The lowest BCUT2D eigenvalue weighted by Crippen LogP contribution is -2.17. The van der Waals surface area contributed by atoms with Crippen LogP contribution >= 0.6 is 0 Å². The zero-order valence-electron chi connectivity index (χ0n) is 7.19. The molecule has 0 spiro atoms. The average molecular weight is 192 g/mol. The van der Waals surface area contributed by atoms with Crippen molar-refractivity contribution in [2.24, 2.45) is 5.73 Å². The smallest absolute Gasteiger partial charge is 0.255 e. The largest absolute Gasteiger partial charge is 0.326 e. The van der Waals surface area contributed by atoms with Gasteiger partial charge in [-0.3, -0.25) is 9.89 Å². The first-order chi connectivity index (χ1) is 6.81. The third-order valence-electron chi connectivity index (χ3n) is 1.73. The third kappa shape index (κ3) is 1.40. The predicted molar refractivity (Wildman–Crippen MR) is 48.1 cm³/mol. The summed E-state index contributed by atoms with van der Waals surface area (Å²) in [4.78, 5) is 21.7. The molecular weight excluding hydrogens is 184 g/mol. The quantitative estimate of drug-likeness (QED) is 0.565. The molecule has 2 heterocycles. The van der Waals surface area contributed by atoms with Crippen LogP contribution < -0.4 is 11.3 Å². The summed E-state index contributed by atoms with van der Waals surface area (Å²) in [6, 6.07) is 0. The second-order valence-electron chi connectivity index (χ2n) is 2.62. The fourth-order valence-electron chi connectivity index (χ4n) is 1.01. The maximum absolute atomic E-state index is 11.3. The van der Waals surface area contributed by atoms with Crippen LogP contribution in [0.3, 0.4) is 0 Å². The van der Waals surface area contributed by atoms with E-state index in [2.05, 4.69) is 25.1 Å². The molecule has 0 aliphatic rings. The van der Waals surface area contributed by atoms with Crippen molar-refractivity contribution in [2.75, 3.05) is 0 Å². The fraction of sp³-hybridized carbons (Fsp3) is 0.143. The molecule has 0 atom stereocenters. The minimum atomic E-state index is -0.256. The van der Waals surface area contributed by atoms with Gasteiger partial charge in [0.05, 0.1) is 0 Å². The molecule has 0 saturated heterocycles. The van der Waals surface area contributed by atoms with Gasteiger partial charge in [-0.1, -0.05) is 0 Å². The summed E-state index contributed by atoms with van der Waals surface area (Å²) in [5, 5.41) is 6.24. The first kappa shape index (κ1) is 8.57. The van der Waals surface area contributed by atoms with Crippen LogP contribution in [0.25, 0.3) is 11.6 Å². The number of nitrogens with zero attached hydrogens (tertiary/aromatic N) is 3. The van der Waals surface area contributed by atoms with Gasteiger partial charge in [0.25, 0.3) is 5.56 Å². The van der Waals surface area contributed by atoms with Crippen molar-refractivity contribution >= 4 is 0 Å². The van der Waals surface area contributed by atoms with E-state index in [4.69, 9.17) is 5.73 Å². The molecular formula is C7H8N6O. The van der Waals surface area contributed by atoms with Gasteiger partial charge in [0.1, 0.15) is 6.33 Å². The van der Waals surface area contributed by atoms with Crippen molar-refractivity contribution in [3.63, 3.8) is 0 Å². The Morgan fingerprint density at radius 3 is 2.79 bits per heavy atom. The van der Waals surface area contributed by atoms with Crippen molar-refractivity contribution < 1.29 is 0 Å². The van der Waals surface area contributed by atoms with Gasteiger partial charge in [-0.25, -0.2) is 9.97 Å². The van der Waals surface area contributed by atoms with E-state index in [1.165, 1.54) is 12.5 Å². The molecule has 2 rings (SSSR count). The average Bonchev–Trinajstić information content (AvgIpc) is 2.70. The van der Waals surface area contributed by atoms with E-state index in [0.717, 1.165) is 0 Å². The number of aromatic amines is 2. The molecule has 14 heavy (non-hydrogen) atoms. The van der Waals surface area contributed by atoms with Gasteiger partial charge in [0.2, 0.25) is 0 Å². The van der Waals surface area contributed by atoms with Crippen molar-refractivity contribution in [3.8, 4) is 11.6 Å². The van der Waals surface area contributed by atoms with Gasteiger partial charge in [-0.05, 0) is 0 Å². The van der Waals surface area contributed by atoms with Gasteiger partial charge in [-0.15, -0.1) is 0 Å². The third-order valence-corrected chi connectivity index (χ3v) is 1.73. The van der Waals surface area contributed by atoms with Crippen LogP contribution in [-0.2, 0) is 6.54 Å². The zero-order chi connectivity index (χ0) is 9.97. The van der Waals surface area contributed by atoms with Gasteiger partial charge >= 0.3 is 0 Å². The summed E-state index contributed by atoms with van der Waals surface area (Å²) < 4.78 is 0. The molecule has 0 unspecified atom stereocenters. The standard InChI is InChI=1S/C7H8N6O/c8-1-4-2-9-5(12-7(4)14)6-10-3-11-13-6/h2-3H,1,8H2,(H,9,12,14)(H,10,11,13). The molecule has 4 N–H and O–H groups in total. The van der Waals surface area contributed by atoms with Gasteiger partial charge in [-0.2, -0.15) is 5.10 Å². The highest BCUT2D eigenvalue weighted by Gasteiger charge is 2.04. The number of rotatable bonds is 2. The molecule has 72 valence electrons. The Hall–Kier alpha value is -2.02. The van der Waals surface area contributed by atoms with Gasteiger partial charge in [0.15, 0.2) is 11.6 Å². The monoisotopic (exact) mass is 192 g/mol. The first-order valence-electron chi connectivity index (χ1n) is 3.95. The van der Waals surface area contributed by atoms with Crippen molar-refractivity contribution in [1.29, 1.82) is 0 Å². The van der Waals surface area contributed by atoms with Gasteiger partial charge < -0.3 is 10.7 Å². The van der Waals surface area contributed by atoms with E-state index in [1.54, 1.807) is 0 Å². The topological polar surface area (TPSA) is 113 Å². The van der Waals surface area contributed by atoms with Crippen LogP contribution in [0.1, 0.15) is 5.56 Å². The van der Waals surface area contributed by atoms with Crippen molar-refractivity contribution in [2.45, 2.75) is 6.54 Å². The predicted octanol–water partition coefficient (Wildman–Crippen LogP) is -0.986. The van der Waals surface area contributed by atoms with Crippen LogP contribution in [0.4, 0.5) is 0 Å². The highest BCUT2D eigenvalue weighted by molar-refractivity contribution is 5.40. The minimum Gasteiger partial charge on any atom is -0.326 e. The SMILES string of the molecule is NCc1cnc(-c2ncn[nH]2)[nH]c1=O. The Kier molecular flexibility index (Phi) is 2.07. The van der Waals surface area contributed by atoms with Crippen molar-refractivity contribution in [1.82, 2.24) is 25.1 Å². The van der Waals surface area contributed by atoms with Crippen LogP contribution in [0, 0.1) is 0 Å². The molecule has 0 aliphatic carbocycles. The summed E-state index contributed by atoms with van der Waals surface area (Å²) in [5.41, 5.74) is 5.51. The molecule has 2 aromatic heterocycles. The Balaban J connectivity index is 2.48. The lowest BCUT2D eigenvalue weighted by molar-refractivity contribution is 0.965. The van der Waals surface area contributed by atoms with Crippen LogP contribution in [0.15, 0.2) is 17.3 Å². The molecule has 0 bridgehead atoms. The Morgan fingerprint density at radius 2 is 2.21 bits per heavy atom. The fourth-order valence-corrected chi connectivity index (χ4v) is 1.01. The lowest BCUT2D eigenvalue weighted by atomic mass is 10.3. The number of hydrogen-bond donors (Lipinski definition) is 3. The highest BCUT2D eigenvalue weighted by Crippen LogP contribution is 2.03. The minimum absolute atomic E-state index is 0.166. The van der Waals surface area contributed by atoms with Crippen LogP contribution in [0.5, 0.6) is 0 Å². The Bertz CT molecular complexity index is 473. The van der Waals surface area contributed by atoms with E-state index in [9.17, 15) is 4.79 Å². The van der Waals surface area contributed by atoms with Crippen LogP contribution in [0.2, 0.25) is 0 Å². The summed E-state index contributed by atoms with van der Waals surface area (Å²) in [6.07, 6.45) is 2.77. The summed E-state index contributed by atoms with van der Waals surface area (Å²) in [7, 11) is 0. The zero-order valence-corrected chi connectivity index (χ0v) is 7.19. The molecule has 0 aromatic carbocycles. The maximum atomic E-state index is 11.3. The second kappa shape index (κ2) is 3.38. The Labute approximate surface area is 78.4 Å². The normalized spacial score (nSPS) is 10.4. The van der Waals surface area contributed by atoms with Gasteiger partial charge in [0, 0.05) is 18.3 Å². The van der Waals surface area contributed by atoms with E-state index >= 15 is 0 Å². The number of nitrogens with two attached hydrogens (primary N) is 1. The number of H-pyrrole nitrogens is 2. The highest BCUT2D eigenvalue weighted by atomic mass is 16.1.